The van der Waals surface area contributed by atoms with Gasteiger partial charge in [0.25, 0.3) is 5.91 Å². The van der Waals surface area contributed by atoms with Gasteiger partial charge < -0.3 is 15.2 Å². The molecule has 0 fully saturated rings. The van der Waals surface area contributed by atoms with E-state index >= 15 is 0 Å². The van der Waals surface area contributed by atoms with Crippen LogP contribution in [0, 0.1) is 0 Å². The van der Waals surface area contributed by atoms with Gasteiger partial charge in [-0.15, -0.1) is 0 Å². The second-order valence-corrected chi connectivity index (χ2v) is 8.09. The van der Waals surface area contributed by atoms with Crippen molar-refractivity contribution in [3.05, 3.63) is 81.1 Å². The summed E-state index contributed by atoms with van der Waals surface area (Å²) in [5.41, 5.74) is -1.32. The third-order valence-corrected chi connectivity index (χ3v) is 5.96. The van der Waals surface area contributed by atoms with Gasteiger partial charge in [0.2, 0.25) is 11.3 Å². The highest BCUT2D eigenvalue weighted by atomic mass is 19.4. The van der Waals surface area contributed by atoms with E-state index in [4.69, 9.17) is 0 Å². The molecule has 0 saturated carbocycles. The smallest absolute Gasteiger partial charge is 0.347 e. The first-order valence-corrected chi connectivity index (χ1v) is 10.5. The van der Waals surface area contributed by atoms with Crippen LogP contribution in [0.2, 0.25) is 0 Å². The minimum atomic E-state index is -4.63. The minimum absolute atomic E-state index is 0.195. The van der Waals surface area contributed by atoms with Crippen molar-refractivity contribution in [2.24, 2.45) is 0 Å². The highest BCUT2D eigenvalue weighted by Crippen LogP contribution is 2.35. The average molecular weight is 457 g/mol. The molecular weight excluding hydrogens is 435 g/mol. The van der Waals surface area contributed by atoms with Crippen LogP contribution in [-0.2, 0) is 29.6 Å². The maximum atomic E-state index is 13.3. The van der Waals surface area contributed by atoms with Gasteiger partial charge in [-0.2, -0.15) is 13.2 Å². The molecule has 1 heterocycles. The Kier molecular flexibility index (Phi) is 5.51. The highest BCUT2D eigenvalue weighted by Gasteiger charge is 2.41. The minimum Gasteiger partial charge on any atom is -0.347 e. The van der Waals surface area contributed by atoms with Crippen LogP contribution in [-0.4, -0.2) is 16.4 Å². The largest absolute Gasteiger partial charge is 0.416 e. The van der Waals surface area contributed by atoms with Crippen LogP contribution in [0.3, 0.4) is 0 Å². The number of hydrogen-bond donors (Lipinski definition) is 2. The van der Waals surface area contributed by atoms with Gasteiger partial charge in [0.1, 0.15) is 11.2 Å². The molecule has 0 aliphatic heterocycles. The summed E-state index contributed by atoms with van der Waals surface area (Å²) in [6, 6.07) is 10.2. The van der Waals surface area contributed by atoms with Gasteiger partial charge >= 0.3 is 6.18 Å². The summed E-state index contributed by atoms with van der Waals surface area (Å²) in [6.45, 7) is 3.42. The summed E-state index contributed by atoms with van der Waals surface area (Å²) in [4.78, 5) is 38.4. The fourth-order valence-corrected chi connectivity index (χ4v) is 4.46. The van der Waals surface area contributed by atoms with Crippen LogP contribution in [0.5, 0.6) is 0 Å². The van der Waals surface area contributed by atoms with Crippen molar-refractivity contribution in [3.63, 3.8) is 0 Å². The van der Waals surface area contributed by atoms with Crippen molar-refractivity contribution >= 4 is 22.7 Å². The molecule has 9 heteroatoms. The first-order chi connectivity index (χ1) is 15.6. The first-order valence-electron chi connectivity index (χ1n) is 10.5. The van der Waals surface area contributed by atoms with Crippen molar-refractivity contribution in [1.29, 1.82) is 0 Å². The van der Waals surface area contributed by atoms with Gasteiger partial charge in [0.05, 0.1) is 11.1 Å². The number of rotatable bonds is 4. The standard InChI is InChI=1S/C24H22F3N3O3/c1-3-30-13-18(21(32)17-12-16(24(25,26)27)8-9-20(17)30)22(33)29-23(28-14(2)31)11-10-15-6-4-5-7-19(15)23/h4-9,12-13H,3,10-11H2,1-2H3,(H,28,31)(H,29,33). The van der Waals surface area contributed by atoms with E-state index in [0.717, 1.165) is 17.7 Å². The van der Waals surface area contributed by atoms with Crippen LogP contribution < -0.4 is 16.1 Å². The molecule has 1 aliphatic carbocycles. The average Bonchev–Trinajstić information content (AvgIpc) is 3.10. The Labute approximate surface area is 187 Å². The summed E-state index contributed by atoms with van der Waals surface area (Å²) < 4.78 is 41.3. The second-order valence-electron chi connectivity index (χ2n) is 8.09. The number of carbonyl (C=O) groups excluding carboxylic acids is 2. The number of halogens is 3. The number of aromatic nitrogens is 1. The van der Waals surface area contributed by atoms with Crippen molar-refractivity contribution in [2.75, 3.05) is 0 Å². The number of benzene rings is 2. The fraction of sp³-hybridized carbons (Fsp3) is 0.292. The van der Waals surface area contributed by atoms with Crippen LogP contribution in [0.1, 0.15) is 47.3 Å². The highest BCUT2D eigenvalue weighted by molar-refractivity contribution is 5.98. The molecule has 3 aromatic rings. The summed E-state index contributed by atoms with van der Waals surface area (Å²) in [5.74, 6) is -1.14. The topological polar surface area (TPSA) is 80.2 Å². The third kappa shape index (κ3) is 3.99. The SMILES string of the molecule is CCn1cc(C(=O)NC2(NC(C)=O)CCc3ccccc32)c(=O)c2cc(C(F)(F)F)ccc21. The molecule has 1 aromatic heterocycles. The second kappa shape index (κ2) is 8.06. The lowest BCUT2D eigenvalue weighted by atomic mass is 10.00. The molecular formula is C24H22F3N3O3. The lowest BCUT2D eigenvalue weighted by Gasteiger charge is -2.32. The van der Waals surface area contributed by atoms with E-state index in [1.165, 1.54) is 19.2 Å². The lowest BCUT2D eigenvalue weighted by molar-refractivity contribution is -0.137. The number of fused-ring (bicyclic) bond motifs is 2. The Hall–Kier alpha value is -3.62. The molecule has 4 rings (SSSR count). The van der Waals surface area contributed by atoms with Crippen LogP contribution in [0.15, 0.2) is 53.5 Å². The van der Waals surface area contributed by atoms with Crippen LogP contribution >= 0.6 is 0 Å². The molecule has 2 N–H and O–H groups in total. The van der Waals surface area contributed by atoms with Gasteiger partial charge in [-0.3, -0.25) is 14.4 Å². The maximum Gasteiger partial charge on any atom is 0.416 e. The zero-order chi connectivity index (χ0) is 24.0. The van der Waals surface area contributed by atoms with Crippen molar-refractivity contribution < 1.29 is 22.8 Å². The van der Waals surface area contributed by atoms with Gasteiger partial charge in [0.15, 0.2) is 0 Å². The van der Waals surface area contributed by atoms with Crippen molar-refractivity contribution in [3.8, 4) is 0 Å². The van der Waals surface area contributed by atoms with E-state index in [-0.39, 0.29) is 16.9 Å². The molecule has 33 heavy (non-hydrogen) atoms. The first kappa shape index (κ1) is 22.6. The lowest BCUT2D eigenvalue weighted by Crippen LogP contribution is -2.56. The Morgan fingerprint density at radius 2 is 1.85 bits per heavy atom. The van der Waals surface area contributed by atoms with E-state index in [1.54, 1.807) is 23.6 Å². The Morgan fingerprint density at radius 1 is 1.12 bits per heavy atom. The van der Waals surface area contributed by atoms with Gasteiger partial charge in [-0.05, 0) is 43.5 Å². The molecule has 2 amide bonds. The number of aryl methyl sites for hydroxylation is 2. The summed E-state index contributed by atoms with van der Waals surface area (Å²) in [7, 11) is 0. The number of amides is 2. The number of pyridine rings is 1. The van der Waals surface area contributed by atoms with E-state index in [1.807, 2.05) is 12.1 Å². The maximum absolute atomic E-state index is 13.3. The number of hydrogen-bond acceptors (Lipinski definition) is 3. The van der Waals surface area contributed by atoms with Crippen LogP contribution in [0.25, 0.3) is 10.9 Å². The van der Waals surface area contributed by atoms with Crippen molar-refractivity contribution in [2.45, 2.75) is 45.1 Å². The van der Waals surface area contributed by atoms with E-state index in [2.05, 4.69) is 10.6 Å². The molecule has 1 aliphatic rings. The fourth-order valence-electron chi connectivity index (χ4n) is 4.46. The van der Waals surface area contributed by atoms with E-state index < -0.39 is 28.7 Å². The van der Waals surface area contributed by atoms with Crippen molar-refractivity contribution in [1.82, 2.24) is 15.2 Å². The summed E-state index contributed by atoms with van der Waals surface area (Å²) in [6.07, 6.45) is -2.30. The van der Waals surface area contributed by atoms with E-state index in [0.29, 0.717) is 30.5 Å². The number of nitrogens with zero attached hydrogens (tertiary/aromatic N) is 1. The number of alkyl halides is 3. The molecule has 2 aromatic carbocycles. The van der Waals surface area contributed by atoms with Crippen LogP contribution in [0.4, 0.5) is 13.2 Å². The molecule has 0 spiro atoms. The third-order valence-electron chi connectivity index (χ3n) is 5.96. The van der Waals surface area contributed by atoms with E-state index in [9.17, 15) is 27.6 Å². The Morgan fingerprint density at radius 3 is 2.52 bits per heavy atom. The summed E-state index contributed by atoms with van der Waals surface area (Å²) >= 11 is 0. The molecule has 0 bridgehead atoms. The van der Waals surface area contributed by atoms with Gasteiger partial charge in [0, 0.05) is 30.6 Å². The quantitative estimate of drug-likeness (QED) is 0.587. The molecule has 6 nitrogen and oxygen atoms in total. The molecule has 1 atom stereocenters. The molecule has 172 valence electrons. The normalized spacial score (nSPS) is 17.6. The number of nitrogens with one attached hydrogen (secondary N) is 2. The van der Waals surface area contributed by atoms with Gasteiger partial charge in [-0.25, -0.2) is 0 Å². The monoisotopic (exact) mass is 457 g/mol. The Bertz CT molecular complexity index is 1330. The molecule has 1 unspecified atom stereocenters. The zero-order valence-electron chi connectivity index (χ0n) is 18.0. The molecule has 0 radical (unpaired) electrons. The summed E-state index contributed by atoms with van der Waals surface area (Å²) in [5, 5.41) is 5.39. The molecule has 0 saturated heterocycles. The predicted octanol–water partition coefficient (Wildman–Crippen LogP) is 3.71. The Balaban J connectivity index is 1.83. The predicted molar refractivity (Wildman–Crippen MR) is 117 cm³/mol. The number of carbonyl (C=O) groups is 2. The van der Waals surface area contributed by atoms with Gasteiger partial charge in [-0.1, -0.05) is 24.3 Å². The zero-order valence-corrected chi connectivity index (χ0v) is 18.0.